The number of nitrogens with one attached hydrogen (secondary N) is 1. The predicted octanol–water partition coefficient (Wildman–Crippen LogP) is 5.48. The topological polar surface area (TPSA) is 77.0 Å². The van der Waals surface area contributed by atoms with Crippen molar-refractivity contribution in [3.05, 3.63) is 107 Å². The smallest absolute Gasteiger partial charge is 0.343 e. The number of carbonyl (C=O) groups is 2. The summed E-state index contributed by atoms with van der Waals surface area (Å²) in [4.78, 5) is 24.9. The van der Waals surface area contributed by atoms with Crippen LogP contribution in [-0.4, -0.2) is 25.2 Å². The summed E-state index contributed by atoms with van der Waals surface area (Å²) in [5, 5.41) is 6.40. The van der Waals surface area contributed by atoms with E-state index in [1.807, 2.05) is 36.4 Å². The minimum absolute atomic E-state index is 0.259. The van der Waals surface area contributed by atoms with E-state index < -0.39 is 5.97 Å². The van der Waals surface area contributed by atoms with Gasteiger partial charge >= 0.3 is 5.97 Å². The van der Waals surface area contributed by atoms with Crippen LogP contribution in [-0.2, 0) is 0 Å². The van der Waals surface area contributed by atoms with E-state index in [1.165, 1.54) is 13.3 Å². The summed E-state index contributed by atoms with van der Waals surface area (Å²) in [5.74, 6) is -0.242. The summed E-state index contributed by atoms with van der Waals surface area (Å²) in [6, 6.07) is 24.5. The average molecular weight is 459 g/mol. The first-order chi connectivity index (χ1) is 16.0. The van der Waals surface area contributed by atoms with Crippen LogP contribution in [0.3, 0.4) is 0 Å². The van der Waals surface area contributed by atoms with Gasteiger partial charge in [-0.05, 0) is 64.9 Å². The number of hydrogen-bond acceptors (Lipinski definition) is 5. The number of rotatable bonds is 6. The molecule has 4 rings (SSSR count). The minimum atomic E-state index is -0.534. The number of benzene rings is 4. The number of carbonyl (C=O) groups excluding carboxylic acids is 2. The highest BCUT2D eigenvalue weighted by Crippen LogP contribution is 2.28. The van der Waals surface area contributed by atoms with Gasteiger partial charge in [0.15, 0.2) is 11.5 Å². The van der Waals surface area contributed by atoms with Gasteiger partial charge < -0.3 is 9.47 Å². The van der Waals surface area contributed by atoms with Crippen molar-refractivity contribution in [3.8, 4) is 11.5 Å². The normalized spacial score (nSPS) is 10.8. The molecule has 1 amide bonds. The fraction of sp³-hybridized carbons (Fsp3) is 0.0385. The zero-order chi connectivity index (χ0) is 23.2. The lowest BCUT2D eigenvalue weighted by molar-refractivity contribution is 0.0729. The Bertz CT molecular complexity index is 1350. The summed E-state index contributed by atoms with van der Waals surface area (Å²) in [7, 11) is 1.47. The molecular formula is C26H19ClN2O4. The summed E-state index contributed by atoms with van der Waals surface area (Å²) >= 11 is 5.85. The van der Waals surface area contributed by atoms with Crippen molar-refractivity contribution < 1.29 is 19.1 Å². The predicted molar refractivity (Wildman–Crippen MR) is 128 cm³/mol. The third-order valence-corrected chi connectivity index (χ3v) is 5.14. The van der Waals surface area contributed by atoms with Gasteiger partial charge in [0.05, 0.1) is 18.9 Å². The molecule has 0 unspecified atom stereocenters. The van der Waals surface area contributed by atoms with Crippen LogP contribution in [0.15, 0.2) is 90.0 Å². The first kappa shape index (κ1) is 22.0. The standard InChI is InChI=1S/C26H19ClN2O4/c1-32-24-15-17(9-14-23(24)33-26(31)19-10-12-20(27)13-11-19)16-28-29-25(30)22-8-4-6-18-5-2-3-7-21(18)22/h2-16H,1H3,(H,29,30)/b28-16-. The Labute approximate surface area is 195 Å². The Balaban J connectivity index is 1.45. The molecule has 0 heterocycles. The number of halogens is 1. The summed E-state index contributed by atoms with van der Waals surface area (Å²) in [6.07, 6.45) is 1.48. The second-order valence-corrected chi connectivity index (χ2v) is 7.47. The van der Waals surface area contributed by atoms with Crippen molar-refractivity contribution >= 4 is 40.5 Å². The van der Waals surface area contributed by atoms with Crippen molar-refractivity contribution in [2.75, 3.05) is 7.11 Å². The lowest BCUT2D eigenvalue weighted by atomic mass is 10.0. The van der Waals surface area contributed by atoms with Gasteiger partial charge in [0.25, 0.3) is 5.91 Å². The third-order valence-electron chi connectivity index (χ3n) is 4.88. The van der Waals surface area contributed by atoms with Gasteiger partial charge in [0.2, 0.25) is 0 Å². The SMILES string of the molecule is COc1cc(/C=N\NC(=O)c2cccc3ccccc23)ccc1OC(=O)c1ccc(Cl)cc1. The largest absolute Gasteiger partial charge is 0.493 e. The summed E-state index contributed by atoms with van der Waals surface area (Å²) in [6.45, 7) is 0. The second kappa shape index (κ2) is 9.97. The van der Waals surface area contributed by atoms with Crippen LogP contribution in [0.25, 0.3) is 10.8 Å². The number of methoxy groups -OCH3 is 1. The molecule has 6 nitrogen and oxygen atoms in total. The molecule has 0 aliphatic heterocycles. The van der Waals surface area contributed by atoms with Gasteiger partial charge in [-0.2, -0.15) is 5.10 Å². The van der Waals surface area contributed by atoms with Crippen LogP contribution >= 0.6 is 11.6 Å². The van der Waals surface area contributed by atoms with Crippen molar-refractivity contribution in [1.29, 1.82) is 0 Å². The Kier molecular flexibility index (Phi) is 6.66. The molecule has 4 aromatic rings. The fourth-order valence-electron chi connectivity index (χ4n) is 3.24. The zero-order valence-electron chi connectivity index (χ0n) is 17.6. The molecule has 0 aromatic heterocycles. The van der Waals surface area contributed by atoms with Gasteiger partial charge in [-0.15, -0.1) is 0 Å². The van der Waals surface area contributed by atoms with E-state index in [0.717, 1.165) is 10.8 Å². The van der Waals surface area contributed by atoms with E-state index in [-0.39, 0.29) is 11.7 Å². The second-order valence-electron chi connectivity index (χ2n) is 7.03. The molecule has 0 saturated carbocycles. The van der Waals surface area contributed by atoms with E-state index in [9.17, 15) is 9.59 Å². The Morgan fingerprint density at radius 2 is 1.67 bits per heavy atom. The highest BCUT2D eigenvalue weighted by molar-refractivity contribution is 6.30. The van der Waals surface area contributed by atoms with Gasteiger partial charge in [0.1, 0.15) is 0 Å². The number of fused-ring (bicyclic) bond motifs is 1. The molecule has 0 aliphatic carbocycles. The van der Waals surface area contributed by atoms with E-state index in [2.05, 4.69) is 10.5 Å². The van der Waals surface area contributed by atoms with Crippen molar-refractivity contribution in [3.63, 3.8) is 0 Å². The van der Waals surface area contributed by atoms with Gasteiger partial charge in [-0.3, -0.25) is 4.79 Å². The maximum atomic E-state index is 12.6. The number of esters is 1. The van der Waals surface area contributed by atoms with Crippen LogP contribution in [0.2, 0.25) is 5.02 Å². The van der Waals surface area contributed by atoms with Gasteiger partial charge in [-0.25, -0.2) is 10.2 Å². The molecular weight excluding hydrogens is 440 g/mol. The Morgan fingerprint density at radius 3 is 2.45 bits per heavy atom. The zero-order valence-corrected chi connectivity index (χ0v) is 18.4. The number of hydrogen-bond donors (Lipinski definition) is 1. The van der Waals surface area contributed by atoms with E-state index in [4.69, 9.17) is 21.1 Å². The highest BCUT2D eigenvalue weighted by atomic mass is 35.5. The quantitative estimate of drug-likeness (QED) is 0.179. The third kappa shape index (κ3) is 5.19. The van der Waals surface area contributed by atoms with Crippen LogP contribution in [0.4, 0.5) is 0 Å². The first-order valence-electron chi connectivity index (χ1n) is 10.0. The molecule has 0 atom stereocenters. The molecule has 0 radical (unpaired) electrons. The lowest BCUT2D eigenvalue weighted by Gasteiger charge is -2.10. The molecule has 7 heteroatoms. The molecule has 0 saturated heterocycles. The fourth-order valence-corrected chi connectivity index (χ4v) is 3.37. The lowest BCUT2D eigenvalue weighted by Crippen LogP contribution is -2.17. The van der Waals surface area contributed by atoms with Crippen LogP contribution in [0.5, 0.6) is 11.5 Å². The molecule has 0 bridgehead atoms. The number of hydrazone groups is 1. The molecule has 33 heavy (non-hydrogen) atoms. The number of nitrogens with zero attached hydrogens (tertiary/aromatic N) is 1. The van der Waals surface area contributed by atoms with Gasteiger partial charge in [-0.1, -0.05) is 48.0 Å². The van der Waals surface area contributed by atoms with Crippen molar-refractivity contribution in [2.24, 2.45) is 5.10 Å². The van der Waals surface area contributed by atoms with Crippen LogP contribution in [0.1, 0.15) is 26.3 Å². The molecule has 0 fully saturated rings. The maximum Gasteiger partial charge on any atom is 0.343 e. The Hall–Kier alpha value is -4.16. The van der Waals surface area contributed by atoms with Crippen molar-refractivity contribution in [2.45, 2.75) is 0 Å². The van der Waals surface area contributed by atoms with Crippen molar-refractivity contribution in [1.82, 2.24) is 5.43 Å². The molecule has 0 aliphatic rings. The van der Waals surface area contributed by atoms with E-state index in [1.54, 1.807) is 48.5 Å². The summed E-state index contributed by atoms with van der Waals surface area (Å²) in [5.41, 5.74) is 4.09. The molecule has 1 N–H and O–H groups in total. The Morgan fingerprint density at radius 1 is 0.909 bits per heavy atom. The maximum absolute atomic E-state index is 12.6. The number of ether oxygens (including phenoxy) is 2. The van der Waals surface area contributed by atoms with Crippen LogP contribution < -0.4 is 14.9 Å². The minimum Gasteiger partial charge on any atom is -0.493 e. The molecule has 4 aromatic carbocycles. The number of amides is 1. The van der Waals surface area contributed by atoms with E-state index >= 15 is 0 Å². The van der Waals surface area contributed by atoms with Crippen LogP contribution in [0, 0.1) is 0 Å². The molecule has 0 spiro atoms. The monoisotopic (exact) mass is 458 g/mol. The average Bonchev–Trinajstić information content (AvgIpc) is 2.84. The van der Waals surface area contributed by atoms with Gasteiger partial charge in [0, 0.05) is 10.6 Å². The summed E-state index contributed by atoms with van der Waals surface area (Å²) < 4.78 is 10.8. The highest BCUT2D eigenvalue weighted by Gasteiger charge is 2.13. The first-order valence-corrected chi connectivity index (χ1v) is 10.4. The molecule has 164 valence electrons. The van der Waals surface area contributed by atoms with E-state index in [0.29, 0.717) is 27.5 Å².